The third-order valence-electron chi connectivity index (χ3n) is 1.95. The van der Waals surface area contributed by atoms with E-state index in [1.54, 1.807) is 0 Å². The Morgan fingerprint density at radius 3 is 2.11 bits per heavy atom. The van der Waals surface area contributed by atoms with E-state index in [1.807, 2.05) is 30.3 Å². The summed E-state index contributed by atoms with van der Waals surface area (Å²) in [5.74, 6) is 0. The van der Waals surface area contributed by atoms with Crippen LogP contribution in [-0.2, 0) is 17.0 Å². The molecule has 0 aliphatic carbocycles. The van der Waals surface area contributed by atoms with Crippen LogP contribution in [-0.4, -0.2) is 18.6 Å². The second-order valence-electron chi connectivity index (χ2n) is 4.69. The molecule has 0 unspecified atom stereocenters. The Bertz CT molecular complexity index is 289. The predicted molar refractivity (Wildman–Crippen MR) is 78.6 cm³/mol. The monoisotopic (exact) mass is 322 g/mol. The molecule has 0 atom stereocenters. The Balaban J connectivity index is 0.000000873. The molecule has 0 saturated carbocycles. The summed E-state index contributed by atoms with van der Waals surface area (Å²) in [6.07, 6.45) is 1.03. The Hall–Kier alpha value is 0.274. The van der Waals surface area contributed by atoms with Crippen LogP contribution in [0.4, 0.5) is 5.69 Å². The normalized spacial score (nSPS) is 10.3. The summed E-state index contributed by atoms with van der Waals surface area (Å²) in [7, 11) is 9.78. The molecule has 2 nitrogen and oxygen atoms in total. The summed E-state index contributed by atoms with van der Waals surface area (Å²) in [5.41, 5.74) is 1.15. The van der Waals surface area contributed by atoms with E-state index >= 15 is 0 Å². The number of nitrogens with zero attached hydrogens (tertiary/aromatic N) is 2. The molecule has 0 amide bonds. The van der Waals surface area contributed by atoms with Crippen LogP contribution in [0.25, 0.3) is 10.6 Å². The molecule has 0 N–H and O–H groups in total. The quantitative estimate of drug-likeness (QED) is 0.496. The molecule has 1 aromatic rings. The summed E-state index contributed by atoms with van der Waals surface area (Å²) in [6, 6.07) is 10.1. The summed E-state index contributed by atoms with van der Waals surface area (Å²) in [4.78, 5) is 0. The van der Waals surface area contributed by atoms with Gasteiger partial charge in [-0.2, -0.15) is 6.54 Å². The van der Waals surface area contributed by atoms with Gasteiger partial charge in [-0.25, -0.2) is 0 Å². The van der Waals surface area contributed by atoms with Gasteiger partial charge in [0.2, 0.25) is 0 Å². The average molecular weight is 323 g/mol. The zero-order chi connectivity index (χ0) is 13.9. The van der Waals surface area contributed by atoms with Crippen molar-refractivity contribution in [3.8, 4) is 0 Å². The van der Waals surface area contributed by atoms with Crippen molar-refractivity contribution in [2.75, 3.05) is 13.1 Å². The first-order chi connectivity index (χ1) is 8.49. The van der Waals surface area contributed by atoms with Gasteiger partial charge in [-0.15, -0.1) is 17.8 Å². The van der Waals surface area contributed by atoms with E-state index in [1.165, 1.54) is 0 Å². The van der Waals surface area contributed by atoms with Crippen molar-refractivity contribution >= 4 is 24.3 Å². The summed E-state index contributed by atoms with van der Waals surface area (Å²) >= 11 is -0.556. The molecule has 1 aromatic carbocycles. The molecule has 0 aliphatic rings. The number of benzene rings is 1. The predicted octanol–water partition coefficient (Wildman–Crippen LogP) is 5.63. The van der Waals surface area contributed by atoms with E-state index in [-0.39, 0.29) is 5.54 Å². The van der Waals surface area contributed by atoms with Gasteiger partial charge >= 0.3 is 35.6 Å². The Morgan fingerprint density at radius 2 is 1.61 bits per heavy atom. The molecule has 0 radical (unpaired) electrons. The van der Waals surface area contributed by atoms with Gasteiger partial charge in [-0.05, 0) is 0 Å². The van der Waals surface area contributed by atoms with Gasteiger partial charge in [0.1, 0.15) is 0 Å². The second kappa shape index (κ2) is 11.1. The molecule has 0 aromatic heterocycles. The molecule has 102 valence electrons. The van der Waals surface area contributed by atoms with Gasteiger partial charge in [-0.1, -0.05) is 57.5 Å². The number of para-hydroxylation sites is 1. The molecular weight excluding hydrogens is 303 g/mol. The summed E-state index contributed by atoms with van der Waals surface area (Å²) < 4.78 is 0. The van der Waals surface area contributed by atoms with Gasteiger partial charge in [0.15, 0.2) is 0 Å². The molecule has 0 spiro atoms. The van der Waals surface area contributed by atoms with Gasteiger partial charge in [0, 0.05) is 0 Å². The molecule has 1 rings (SSSR count). The van der Waals surface area contributed by atoms with Crippen LogP contribution < -0.4 is 0 Å². The van der Waals surface area contributed by atoms with Crippen molar-refractivity contribution in [1.29, 1.82) is 0 Å². The molecule has 0 saturated heterocycles. The molecule has 0 bridgehead atoms. The molecular formula is C13H20Cl2N2Ti-2. The summed E-state index contributed by atoms with van der Waals surface area (Å²) in [5, 5.41) is 8.99. The molecule has 0 aliphatic heterocycles. The van der Waals surface area contributed by atoms with Crippen LogP contribution in [0.15, 0.2) is 30.3 Å². The van der Waals surface area contributed by atoms with Gasteiger partial charge in [0.25, 0.3) is 0 Å². The number of rotatable bonds is 5. The van der Waals surface area contributed by atoms with E-state index in [2.05, 4.69) is 31.4 Å². The maximum atomic E-state index is 4.89. The molecule has 18 heavy (non-hydrogen) atoms. The third kappa shape index (κ3) is 12.7. The standard InChI is InChI=1S/C13H20N2.2ClH.Ti/c1-13(2,3)15-11-7-10-14-12-8-5-4-6-9-12;;;/h4-6,8-9H,7,10-11H2,1-3H3;2*1H;/q-2;;;+2/p-2. The number of hydrogen-bond donors (Lipinski definition) is 0. The van der Waals surface area contributed by atoms with Gasteiger partial charge < -0.3 is 10.6 Å². The molecule has 5 heteroatoms. The maximum absolute atomic E-state index is 4.89. The fourth-order valence-corrected chi connectivity index (χ4v) is 1.23. The van der Waals surface area contributed by atoms with Crippen LogP contribution in [0.1, 0.15) is 27.2 Å². The molecule has 0 fully saturated rings. The van der Waals surface area contributed by atoms with Crippen LogP contribution in [0, 0.1) is 0 Å². The van der Waals surface area contributed by atoms with Crippen molar-refractivity contribution < 1.29 is 17.0 Å². The van der Waals surface area contributed by atoms with E-state index in [0.717, 1.165) is 25.2 Å². The SMILES string of the molecule is CC(C)(C)[N-]CCC[N-]c1ccccc1.[Cl][Ti][Cl]. The average Bonchev–Trinajstić information content (AvgIpc) is 2.29. The van der Waals surface area contributed by atoms with Crippen LogP contribution >= 0.6 is 18.6 Å². The Labute approximate surface area is 128 Å². The number of halogens is 2. The Morgan fingerprint density at radius 1 is 1.06 bits per heavy atom. The van der Waals surface area contributed by atoms with E-state index in [4.69, 9.17) is 18.6 Å². The third-order valence-corrected chi connectivity index (χ3v) is 1.95. The first-order valence-electron chi connectivity index (χ1n) is 5.87. The topological polar surface area (TPSA) is 28.2 Å². The van der Waals surface area contributed by atoms with E-state index < -0.39 is 17.0 Å². The molecule has 0 heterocycles. The zero-order valence-corrected chi connectivity index (χ0v) is 14.2. The van der Waals surface area contributed by atoms with Crippen molar-refractivity contribution in [2.45, 2.75) is 32.7 Å². The van der Waals surface area contributed by atoms with Crippen molar-refractivity contribution in [2.24, 2.45) is 0 Å². The Kier molecular flexibility index (Phi) is 11.3. The van der Waals surface area contributed by atoms with Gasteiger partial charge in [0.05, 0.1) is 0 Å². The van der Waals surface area contributed by atoms with Crippen LogP contribution in [0.2, 0.25) is 0 Å². The zero-order valence-electron chi connectivity index (χ0n) is 11.2. The van der Waals surface area contributed by atoms with Gasteiger partial charge in [-0.3, -0.25) is 0 Å². The first kappa shape index (κ1) is 18.3. The van der Waals surface area contributed by atoms with E-state index in [0.29, 0.717) is 0 Å². The van der Waals surface area contributed by atoms with Crippen molar-refractivity contribution in [3.05, 3.63) is 41.0 Å². The van der Waals surface area contributed by atoms with Crippen molar-refractivity contribution in [1.82, 2.24) is 0 Å². The summed E-state index contributed by atoms with van der Waals surface area (Å²) in [6.45, 7) is 8.15. The van der Waals surface area contributed by atoms with Crippen molar-refractivity contribution in [3.63, 3.8) is 0 Å². The first-order valence-corrected chi connectivity index (χ1v) is 10.2. The minimum absolute atomic E-state index is 0.0900. The fraction of sp³-hybridized carbons (Fsp3) is 0.538. The second-order valence-corrected chi connectivity index (χ2v) is 7.27. The minimum atomic E-state index is -0.556. The van der Waals surface area contributed by atoms with Crippen LogP contribution in [0.3, 0.4) is 0 Å². The number of hydrogen-bond acceptors (Lipinski definition) is 0. The van der Waals surface area contributed by atoms with E-state index in [9.17, 15) is 0 Å². The van der Waals surface area contributed by atoms with Crippen LogP contribution in [0.5, 0.6) is 0 Å². The fourth-order valence-electron chi connectivity index (χ4n) is 1.23.